The molecular formula is C39H51FNO4PS. The molecule has 5 nitrogen and oxygen atoms in total. The molecule has 0 saturated carbocycles. The predicted molar refractivity (Wildman–Crippen MR) is 201 cm³/mol. The van der Waals surface area contributed by atoms with Gasteiger partial charge in [0.1, 0.15) is 11.6 Å². The predicted octanol–water partition coefficient (Wildman–Crippen LogP) is 9.71. The van der Waals surface area contributed by atoms with Gasteiger partial charge < -0.3 is 19.3 Å². The number of carbonyl (C=O) groups is 1. The zero-order valence-corrected chi connectivity index (χ0v) is 30.9. The van der Waals surface area contributed by atoms with Crippen LogP contribution in [0.15, 0.2) is 67.8 Å². The molecule has 0 radical (unpaired) electrons. The van der Waals surface area contributed by atoms with E-state index in [0.29, 0.717) is 13.0 Å². The van der Waals surface area contributed by atoms with Gasteiger partial charge >= 0.3 is 5.97 Å². The molecule has 0 fully saturated rings. The average Bonchev–Trinajstić information content (AvgIpc) is 2.99. The molecule has 47 heavy (non-hydrogen) atoms. The van der Waals surface area contributed by atoms with Crippen molar-refractivity contribution >= 4 is 43.7 Å². The van der Waals surface area contributed by atoms with E-state index in [1.165, 1.54) is 11.6 Å². The number of aliphatic hydroxyl groups is 1. The van der Waals surface area contributed by atoms with Crippen LogP contribution in [0.1, 0.15) is 88.6 Å². The molecule has 1 heterocycles. The lowest BCUT2D eigenvalue weighted by atomic mass is 9.75. The first-order valence-corrected chi connectivity index (χ1v) is 17.8. The number of carboxylic acids is 1. The van der Waals surface area contributed by atoms with Gasteiger partial charge in [-0.2, -0.15) is 0 Å². The first-order chi connectivity index (χ1) is 22.1. The number of aliphatic carboxylic acids is 1. The summed E-state index contributed by atoms with van der Waals surface area (Å²) in [5, 5.41) is 19.5. The maximum Gasteiger partial charge on any atom is 0.307 e. The molecule has 1 aliphatic carbocycles. The summed E-state index contributed by atoms with van der Waals surface area (Å²) in [7, 11) is 2.67. The van der Waals surface area contributed by atoms with Crippen LogP contribution in [0.3, 0.4) is 0 Å². The van der Waals surface area contributed by atoms with Gasteiger partial charge in [0.25, 0.3) is 0 Å². The zero-order valence-electron chi connectivity index (χ0n) is 29.0. The van der Waals surface area contributed by atoms with Gasteiger partial charge in [-0.05, 0) is 121 Å². The lowest BCUT2D eigenvalue weighted by Gasteiger charge is -2.41. The highest BCUT2D eigenvalue weighted by Gasteiger charge is 2.35. The Hall–Kier alpha value is -3.12. The van der Waals surface area contributed by atoms with E-state index >= 15 is 0 Å². The highest BCUT2D eigenvalue weighted by Crippen LogP contribution is 2.53. The molecule has 0 spiro atoms. The van der Waals surface area contributed by atoms with E-state index in [-0.39, 0.29) is 23.7 Å². The molecule has 254 valence electrons. The van der Waals surface area contributed by atoms with Crippen LogP contribution in [-0.4, -0.2) is 34.6 Å². The van der Waals surface area contributed by atoms with Gasteiger partial charge in [0.2, 0.25) is 0 Å². The van der Waals surface area contributed by atoms with Crippen molar-refractivity contribution in [2.45, 2.75) is 85.3 Å². The van der Waals surface area contributed by atoms with Crippen LogP contribution < -0.4 is 14.3 Å². The summed E-state index contributed by atoms with van der Waals surface area (Å²) < 4.78 is 23.0. The quantitative estimate of drug-likeness (QED) is 0.140. The van der Waals surface area contributed by atoms with Crippen molar-refractivity contribution in [1.82, 2.24) is 0 Å². The van der Waals surface area contributed by atoms with Crippen LogP contribution in [-0.2, 0) is 11.2 Å². The molecule has 0 bridgehead atoms. The summed E-state index contributed by atoms with van der Waals surface area (Å²) in [5.74, 6) is -0.301. The fraction of sp³-hybridized carbons (Fsp3) is 0.410. The molecule has 8 heteroatoms. The maximum absolute atomic E-state index is 14.7. The molecule has 0 amide bonds. The Kier molecular flexibility index (Phi) is 13.3. The van der Waals surface area contributed by atoms with Gasteiger partial charge in [-0.15, -0.1) is 22.4 Å². The third-order valence-corrected chi connectivity index (χ3v) is 9.44. The molecule has 3 aromatic rings. The Morgan fingerprint density at radius 3 is 2.30 bits per heavy atom. The Morgan fingerprint density at radius 1 is 1.11 bits per heavy atom. The second kappa shape index (κ2) is 16.3. The first-order valence-electron chi connectivity index (χ1n) is 16.0. The number of hydrogen-bond donors (Lipinski definition) is 2. The minimum Gasteiger partial charge on any atom is -0.494 e. The molecule has 2 N–H and O–H groups in total. The number of fused-ring (bicyclic) bond motifs is 3. The smallest absolute Gasteiger partial charge is 0.307 e. The maximum atomic E-state index is 14.7. The van der Waals surface area contributed by atoms with Gasteiger partial charge in [0.15, 0.2) is 0 Å². The van der Waals surface area contributed by atoms with Crippen molar-refractivity contribution in [3.63, 3.8) is 0 Å². The molecule has 3 aromatic carbocycles. The number of ether oxygens (including phenoxy) is 1. The van der Waals surface area contributed by atoms with Gasteiger partial charge in [0, 0.05) is 18.2 Å². The summed E-state index contributed by atoms with van der Waals surface area (Å²) in [6, 6.07) is 15.0. The monoisotopic (exact) mass is 679 g/mol. The van der Waals surface area contributed by atoms with E-state index in [1.54, 1.807) is 38.8 Å². The van der Waals surface area contributed by atoms with Crippen LogP contribution >= 0.6 is 21.2 Å². The molecule has 5 rings (SSSR count). The molecule has 1 aliphatic heterocycles. The van der Waals surface area contributed by atoms with Crippen molar-refractivity contribution < 1.29 is 24.1 Å². The van der Waals surface area contributed by atoms with Gasteiger partial charge in [-0.25, -0.2) is 4.39 Å². The van der Waals surface area contributed by atoms with Gasteiger partial charge in [-0.1, -0.05) is 50.1 Å². The number of nitrogens with zero attached hydrogens (tertiary/aromatic N) is 1. The summed E-state index contributed by atoms with van der Waals surface area (Å²) in [6.45, 7) is 18.3. The Labute approximate surface area is 287 Å². The second-order valence-corrected chi connectivity index (χ2v) is 15.2. The Balaban J connectivity index is 0.000000784. The molecule has 0 aromatic heterocycles. The van der Waals surface area contributed by atoms with Gasteiger partial charge in [0.05, 0.1) is 30.4 Å². The molecule has 0 saturated heterocycles. The van der Waals surface area contributed by atoms with Crippen LogP contribution in [0.4, 0.5) is 10.1 Å². The second-order valence-electron chi connectivity index (χ2n) is 13.7. The number of halogens is 1. The molecule has 1 unspecified atom stereocenters. The van der Waals surface area contributed by atoms with Crippen molar-refractivity contribution in [3.05, 3.63) is 95.8 Å². The number of benzene rings is 3. The van der Waals surface area contributed by atoms with E-state index in [4.69, 9.17) is 9.84 Å². The van der Waals surface area contributed by atoms with Crippen molar-refractivity contribution in [1.29, 1.82) is 0 Å². The molecular weight excluding hydrogens is 628 g/mol. The largest absolute Gasteiger partial charge is 0.494 e. The number of allylic oxidation sites excluding steroid dienone is 2. The summed E-state index contributed by atoms with van der Waals surface area (Å²) in [4.78, 5) is 12.1. The van der Waals surface area contributed by atoms with Crippen molar-refractivity contribution in [2.24, 2.45) is 5.41 Å². The molecule has 2 aliphatic rings. The summed E-state index contributed by atoms with van der Waals surface area (Å²) >= 11 is 1.59. The minimum absolute atomic E-state index is 0.0346. The summed E-state index contributed by atoms with van der Waals surface area (Å²) in [6.07, 6.45) is 7.87. The van der Waals surface area contributed by atoms with E-state index in [1.807, 2.05) is 43.5 Å². The van der Waals surface area contributed by atoms with Crippen molar-refractivity contribution in [2.75, 3.05) is 17.2 Å². The summed E-state index contributed by atoms with van der Waals surface area (Å²) in [5.41, 5.74) is 7.80. The fourth-order valence-electron chi connectivity index (χ4n) is 6.00. The topological polar surface area (TPSA) is 70.0 Å². The zero-order chi connectivity index (χ0) is 35.1. The fourth-order valence-corrected chi connectivity index (χ4v) is 7.09. The van der Waals surface area contributed by atoms with Crippen LogP contribution in [0, 0.1) is 18.2 Å². The normalized spacial score (nSPS) is 16.3. The van der Waals surface area contributed by atoms with Crippen LogP contribution in [0.25, 0.3) is 16.7 Å². The Bertz CT molecular complexity index is 1570. The lowest BCUT2D eigenvalue weighted by Crippen LogP contribution is -2.29. The Morgan fingerprint density at radius 2 is 1.74 bits per heavy atom. The van der Waals surface area contributed by atoms with Crippen LogP contribution in [0.2, 0.25) is 0 Å². The average molecular weight is 680 g/mol. The highest BCUT2D eigenvalue weighted by molar-refractivity contribution is 8.00. The van der Waals surface area contributed by atoms with Crippen molar-refractivity contribution in [3.8, 4) is 16.9 Å². The van der Waals surface area contributed by atoms with E-state index < -0.39 is 11.6 Å². The van der Waals surface area contributed by atoms with Gasteiger partial charge in [-0.3, -0.25) is 4.79 Å². The standard InChI is InChI=1S/C33H37FNO3PS.C4H10O.C2H4/c1-20-26(19-31(36)37)27(21-11-14-33(2,3)15-12-21)18-29-25-10-5-22(34)17-28(25)30(35(40-4)32(20)29)13-16-38-23-6-8-24(39)9-7-23;1-4(2,3)5;1-2/h5-11,17-18,30H,12-16,19,39H2,1-4H3,(H,36,37);5H,1-3H3;1-2H2/t30-;;/m0../s1. The number of rotatable bonds is 8. The number of carboxylic acid groups (broad SMARTS) is 1. The highest BCUT2D eigenvalue weighted by atomic mass is 32.2. The third kappa shape index (κ3) is 10.2. The first kappa shape index (κ1) is 38.3. The minimum atomic E-state index is -0.837. The lowest BCUT2D eigenvalue weighted by molar-refractivity contribution is -0.136. The third-order valence-electron chi connectivity index (χ3n) is 8.23. The van der Waals surface area contributed by atoms with E-state index in [9.17, 15) is 14.3 Å². The van der Waals surface area contributed by atoms with E-state index in [0.717, 1.165) is 69.4 Å². The van der Waals surface area contributed by atoms with Crippen LogP contribution in [0.5, 0.6) is 5.75 Å². The van der Waals surface area contributed by atoms with E-state index in [2.05, 4.69) is 52.7 Å². The number of anilines is 1. The SMILES string of the molecule is C=C.CC(C)(C)O.CSN1c2c(cc(C3=CCC(C)(C)CC3)c(CC(=O)O)c2C)-c2ccc(F)cc2[C@@H]1CCOc1ccc(P)cc1. The number of hydrogen-bond acceptors (Lipinski definition) is 5. The molecule has 2 atom stereocenters.